The Morgan fingerprint density at radius 2 is 1.66 bits per heavy atom. The summed E-state index contributed by atoms with van der Waals surface area (Å²) in [6.07, 6.45) is 2.01. The van der Waals surface area contributed by atoms with Crippen molar-refractivity contribution in [3.8, 4) is 11.5 Å². The molecule has 0 aliphatic heterocycles. The number of amides is 2. The third-order valence-corrected chi connectivity index (χ3v) is 5.57. The number of aromatic nitrogens is 1. The van der Waals surface area contributed by atoms with Crippen LogP contribution in [0.4, 0.5) is 4.79 Å². The van der Waals surface area contributed by atoms with Gasteiger partial charge in [0.15, 0.2) is 11.5 Å². The predicted molar refractivity (Wildman–Crippen MR) is 126 cm³/mol. The molecule has 1 heterocycles. The molecule has 6 heteroatoms. The molecular formula is C26H27N3O3. The Morgan fingerprint density at radius 1 is 0.906 bits per heavy atom. The number of urea groups is 1. The summed E-state index contributed by atoms with van der Waals surface area (Å²) in [5, 5.41) is 7.08. The summed E-state index contributed by atoms with van der Waals surface area (Å²) >= 11 is 0. The van der Waals surface area contributed by atoms with Crippen LogP contribution >= 0.6 is 0 Å². The smallest absolute Gasteiger partial charge is 0.315 e. The van der Waals surface area contributed by atoms with E-state index in [1.165, 1.54) is 0 Å². The van der Waals surface area contributed by atoms with Crippen LogP contribution in [0.5, 0.6) is 11.5 Å². The average molecular weight is 430 g/mol. The van der Waals surface area contributed by atoms with Crippen LogP contribution in [0.15, 0.2) is 79.0 Å². The lowest BCUT2D eigenvalue weighted by atomic mass is 9.90. The zero-order valence-electron chi connectivity index (χ0n) is 18.2. The predicted octanol–water partition coefficient (Wildman–Crippen LogP) is 4.82. The zero-order chi connectivity index (χ0) is 22.3. The minimum atomic E-state index is -0.209. The van der Waals surface area contributed by atoms with Gasteiger partial charge in [-0.2, -0.15) is 0 Å². The highest BCUT2D eigenvalue weighted by molar-refractivity contribution is 5.84. The van der Waals surface area contributed by atoms with Gasteiger partial charge >= 0.3 is 6.03 Å². The maximum atomic E-state index is 12.5. The molecule has 4 rings (SSSR count). The zero-order valence-corrected chi connectivity index (χ0v) is 18.2. The monoisotopic (exact) mass is 429 g/mol. The van der Waals surface area contributed by atoms with Gasteiger partial charge in [0.25, 0.3) is 0 Å². The van der Waals surface area contributed by atoms with Gasteiger partial charge in [-0.25, -0.2) is 4.79 Å². The second kappa shape index (κ2) is 9.92. The molecule has 0 bridgehead atoms. The molecule has 0 saturated heterocycles. The van der Waals surface area contributed by atoms with Gasteiger partial charge in [0.1, 0.15) is 0 Å². The fraction of sp³-hybridized carbons (Fsp3) is 0.192. The van der Waals surface area contributed by atoms with Gasteiger partial charge in [-0.1, -0.05) is 54.6 Å². The molecule has 0 fully saturated rings. The first-order valence-electron chi connectivity index (χ1n) is 10.5. The lowest BCUT2D eigenvalue weighted by molar-refractivity contribution is 0.240. The van der Waals surface area contributed by atoms with Gasteiger partial charge in [-0.05, 0) is 34.9 Å². The minimum absolute atomic E-state index is 0.0755. The summed E-state index contributed by atoms with van der Waals surface area (Å²) in [6, 6.07) is 23.7. The van der Waals surface area contributed by atoms with Crippen LogP contribution in [0.2, 0.25) is 0 Å². The number of para-hydroxylation sites is 1. The molecule has 0 aliphatic rings. The van der Waals surface area contributed by atoms with Crippen molar-refractivity contribution >= 4 is 16.9 Å². The molecule has 0 unspecified atom stereocenters. The van der Waals surface area contributed by atoms with Crippen LogP contribution < -0.4 is 20.1 Å². The minimum Gasteiger partial charge on any atom is -0.493 e. The number of hydrogen-bond acceptors (Lipinski definition) is 3. The van der Waals surface area contributed by atoms with E-state index in [1.54, 1.807) is 14.2 Å². The molecule has 164 valence electrons. The van der Waals surface area contributed by atoms with Gasteiger partial charge in [-0.15, -0.1) is 0 Å². The third-order valence-electron chi connectivity index (χ3n) is 5.57. The highest BCUT2D eigenvalue weighted by Gasteiger charge is 2.21. The number of aromatic amines is 1. The van der Waals surface area contributed by atoms with Gasteiger partial charge in [-0.3, -0.25) is 0 Å². The van der Waals surface area contributed by atoms with Crippen molar-refractivity contribution in [2.24, 2.45) is 0 Å². The summed E-state index contributed by atoms with van der Waals surface area (Å²) < 4.78 is 10.9. The highest BCUT2D eigenvalue weighted by Crippen LogP contribution is 2.35. The van der Waals surface area contributed by atoms with Crippen LogP contribution in [0.1, 0.15) is 22.6 Å². The number of nitrogens with one attached hydrogen (secondary N) is 3. The first-order chi connectivity index (χ1) is 15.7. The van der Waals surface area contributed by atoms with Crippen molar-refractivity contribution in [1.29, 1.82) is 0 Å². The second-order valence-corrected chi connectivity index (χ2v) is 7.51. The summed E-state index contributed by atoms with van der Waals surface area (Å²) in [5.74, 6) is 1.25. The number of H-pyrrole nitrogens is 1. The molecular weight excluding hydrogens is 402 g/mol. The van der Waals surface area contributed by atoms with Crippen molar-refractivity contribution < 1.29 is 14.3 Å². The van der Waals surface area contributed by atoms with E-state index in [9.17, 15) is 4.79 Å². The number of hydrogen-bond donors (Lipinski definition) is 3. The van der Waals surface area contributed by atoms with Crippen LogP contribution in [0.3, 0.4) is 0 Å². The van der Waals surface area contributed by atoms with E-state index >= 15 is 0 Å². The Labute approximate surface area is 187 Å². The normalized spacial score (nSPS) is 11.7. The number of ether oxygens (including phenoxy) is 2. The molecule has 2 amide bonds. The molecule has 0 aliphatic carbocycles. The van der Waals surface area contributed by atoms with Crippen molar-refractivity contribution in [2.45, 2.75) is 12.5 Å². The Balaban J connectivity index is 1.57. The van der Waals surface area contributed by atoms with E-state index in [0.29, 0.717) is 24.6 Å². The van der Waals surface area contributed by atoms with E-state index in [2.05, 4.69) is 21.7 Å². The number of fused-ring (bicyclic) bond motifs is 1. The molecule has 4 aromatic rings. The molecule has 0 spiro atoms. The lowest BCUT2D eigenvalue weighted by Crippen LogP contribution is -2.37. The maximum absolute atomic E-state index is 12.5. The van der Waals surface area contributed by atoms with Gasteiger partial charge < -0.3 is 25.1 Å². The molecule has 1 aromatic heterocycles. The largest absolute Gasteiger partial charge is 0.493 e. The fourth-order valence-electron chi connectivity index (χ4n) is 3.89. The Bertz CT molecular complexity index is 1190. The van der Waals surface area contributed by atoms with Crippen molar-refractivity contribution in [3.05, 3.63) is 95.7 Å². The summed E-state index contributed by atoms with van der Waals surface area (Å²) in [7, 11) is 3.24. The van der Waals surface area contributed by atoms with Gasteiger partial charge in [0, 0.05) is 36.1 Å². The van der Waals surface area contributed by atoms with E-state index < -0.39 is 0 Å². The second-order valence-electron chi connectivity index (χ2n) is 7.51. The summed E-state index contributed by atoms with van der Waals surface area (Å²) in [5.41, 5.74) is 4.24. The summed E-state index contributed by atoms with van der Waals surface area (Å²) in [4.78, 5) is 15.9. The van der Waals surface area contributed by atoms with Gasteiger partial charge in [0.2, 0.25) is 0 Å². The molecule has 6 nitrogen and oxygen atoms in total. The van der Waals surface area contributed by atoms with E-state index in [0.717, 1.165) is 27.6 Å². The number of carbonyl (C=O) groups excluding carboxylic acids is 1. The van der Waals surface area contributed by atoms with E-state index in [1.807, 2.05) is 72.9 Å². The van der Waals surface area contributed by atoms with Crippen molar-refractivity contribution in [3.63, 3.8) is 0 Å². The molecule has 3 aromatic carbocycles. The lowest BCUT2D eigenvalue weighted by Gasteiger charge is -2.20. The first kappa shape index (κ1) is 21.3. The quantitative estimate of drug-likeness (QED) is 0.376. The standard InChI is InChI=1S/C26H27N3O3/c1-31-24-13-12-19(14-25(24)32-2)21(22-17-27-23-11-7-6-10-20(22)23)16-29-26(30)28-15-18-8-4-3-5-9-18/h3-14,17,21,27H,15-16H2,1-2H3,(H2,28,29,30)/t21-/m1/s1. The third kappa shape index (κ3) is 4.70. The number of methoxy groups -OCH3 is 2. The average Bonchev–Trinajstić information content (AvgIpc) is 3.27. The number of benzene rings is 3. The Kier molecular flexibility index (Phi) is 6.60. The SMILES string of the molecule is COc1ccc([C@@H](CNC(=O)NCc2ccccc2)c2c[nH]c3ccccc23)cc1OC. The molecule has 0 radical (unpaired) electrons. The van der Waals surface area contributed by atoms with E-state index in [-0.39, 0.29) is 11.9 Å². The highest BCUT2D eigenvalue weighted by atomic mass is 16.5. The van der Waals surface area contributed by atoms with Crippen LogP contribution in [-0.4, -0.2) is 31.8 Å². The van der Waals surface area contributed by atoms with Crippen LogP contribution in [0.25, 0.3) is 10.9 Å². The first-order valence-corrected chi connectivity index (χ1v) is 10.5. The Hall–Kier alpha value is -3.93. The molecule has 3 N–H and O–H groups in total. The number of rotatable bonds is 8. The topological polar surface area (TPSA) is 75.4 Å². The molecule has 1 atom stereocenters. The van der Waals surface area contributed by atoms with Gasteiger partial charge in [0.05, 0.1) is 14.2 Å². The van der Waals surface area contributed by atoms with Crippen LogP contribution in [0, 0.1) is 0 Å². The van der Waals surface area contributed by atoms with E-state index in [4.69, 9.17) is 9.47 Å². The number of carbonyl (C=O) groups is 1. The Morgan fingerprint density at radius 3 is 2.44 bits per heavy atom. The van der Waals surface area contributed by atoms with Crippen molar-refractivity contribution in [2.75, 3.05) is 20.8 Å². The fourth-order valence-corrected chi connectivity index (χ4v) is 3.89. The van der Waals surface area contributed by atoms with Crippen molar-refractivity contribution in [1.82, 2.24) is 15.6 Å². The maximum Gasteiger partial charge on any atom is 0.315 e. The van der Waals surface area contributed by atoms with Crippen LogP contribution in [-0.2, 0) is 6.54 Å². The molecule has 0 saturated carbocycles. The summed E-state index contributed by atoms with van der Waals surface area (Å²) in [6.45, 7) is 0.902. The molecule has 32 heavy (non-hydrogen) atoms.